The zero-order chi connectivity index (χ0) is 19.3. The van der Waals surface area contributed by atoms with E-state index in [0.717, 1.165) is 16.2 Å². The molecular weight excluding hydrogens is 352 g/mol. The van der Waals surface area contributed by atoms with E-state index in [1.165, 1.54) is 6.21 Å². The van der Waals surface area contributed by atoms with Gasteiger partial charge in [0.15, 0.2) is 5.76 Å². The van der Waals surface area contributed by atoms with Crippen molar-refractivity contribution in [2.75, 3.05) is 6.61 Å². The number of carbonyl (C=O) groups is 1. The molecular formula is C23H16N2O3. The van der Waals surface area contributed by atoms with Crippen molar-refractivity contribution >= 4 is 33.9 Å². The molecule has 3 aromatic carbocycles. The number of hydrazone groups is 1. The lowest BCUT2D eigenvalue weighted by molar-refractivity contribution is 0.0929. The molecule has 1 aromatic heterocycles. The van der Waals surface area contributed by atoms with Crippen LogP contribution >= 0.6 is 0 Å². The Morgan fingerprint density at radius 2 is 1.93 bits per heavy atom. The fourth-order valence-corrected chi connectivity index (χ4v) is 2.96. The Labute approximate surface area is 161 Å². The second-order valence-corrected chi connectivity index (χ2v) is 6.04. The van der Waals surface area contributed by atoms with Gasteiger partial charge in [0, 0.05) is 10.9 Å². The van der Waals surface area contributed by atoms with Crippen LogP contribution in [0.15, 0.2) is 76.2 Å². The molecule has 0 aliphatic heterocycles. The van der Waals surface area contributed by atoms with Crippen molar-refractivity contribution in [1.82, 2.24) is 5.43 Å². The topological polar surface area (TPSA) is 63.8 Å². The Balaban J connectivity index is 1.54. The van der Waals surface area contributed by atoms with Crippen molar-refractivity contribution < 1.29 is 13.9 Å². The number of carbonyl (C=O) groups excluding carboxylic acids is 1. The van der Waals surface area contributed by atoms with E-state index in [9.17, 15) is 4.79 Å². The highest BCUT2D eigenvalue weighted by atomic mass is 16.5. The van der Waals surface area contributed by atoms with Crippen LogP contribution < -0.4 is 10.2 Å². The number of benzene rings is 3. The Hall–Kier alpha value is -4.04. The standard InChI is InChI=1S/C23H16N2O3/c1-2-13-27-20-10-6-4-8-17(20)15-24-25-23(26)22-14-19-18-9-5-3-7-16(18)11-12-21(19)28-22/h1,3-12,14-15H,13H2,(H,25,26)/b24-15-. The summed E-state index contributed by atoms with van der Waals surface area (Å²) >= 11 is 0. The fourth-order valence-electron chi connectivity index (χ4n) is 2.96. The Kier molecular flexibility index (Phi) is 4.77. The number of hydrogen-bond acceptors (Lipinski definition) is 4. The number of hydrogen-bond donors (Lipinski definition) is 1. The number of furan rings is 1. The fraction of sp³-hybridized carbons (Fsp3) is 0.0435. The summed E-state index contributed by atoms with van der Waals surface area (Å²) < 4.78 is 11.1. The van der Waals surface area contributed by atoms with Gasteiger partial charge in [-0.25, -0.2) is 5.43 Å². The molecule has 0 unspecified atom stereocenters. The molecule has 1 amide bonds. The van der Waals surface area contributed by atoms with Crippen LogP contribution in [0.3, 0.4) is 0 Å². The van der Waals surface area contributed by atoms with Gasteiger partial charge in [0.2, 0.25) is 0 Å². The van der Waals surface area contributed by atoms with E-state index in [4.69, 9.17) is 15.6 Å². The molecule has 1 N–H and O–H groups in total. The lowest BCUT2D eigenvalue weighted by Gasteiger charge is -2.05. The minimum atomic E-state index is -0.432. The van der Waals surface area contributed by atoms with Gasteiger partial charge in [-0.2, -0.15) is 5.10 Å². The van der Waals surface area contributed by atoms with E-state index in [2.05, 4.69) is 16.4 Å². The van der Waals surface area contributed by atoms with Crippen molar-refractivity contribution in [2.45, 2.75) is 0 Å². The van der Waals surface area contributed by atoms with Crippen LogP contribution in [0.5, 0.6) is 5.75 Å². The highest BCUT2D eigenvalue weighted by Crippen LogP contribution is 2.28. The van der Waals surface area contributed by atoms with Crippen molar-refractivity contribution in [1.29, 1.82) is 0 Å². The summed E-state index contributed by atoms with van der Waals surface area (Å²) in [5.74, 6) is 2.77. The van der Waals surface area contributed by atoms with Gasteiger partial charge in [-0.15, -0.1) is 6.42 Å². The molecule has 28 heavy (non-hydrogen) atoms. The smallest absolute Gasteiger partial charge is 0.307 e. The minimum absolute atomic E-state index is 0.157. The Morgan fingerprint density at radius 1 is 1.11 bits per heavy atom. The summed E-state index contributed by atoms with van der Waals surface area (Å²) in [4.78, 5) is 12.4. The predicted octanol–water partition coefficient (Wildman–Crippen LogP) is 4.36. The van der Waals surface area contributed by atoms with Crippen molar-refractivity contribution in [3.8, 4) is 18.1 Å². The Bertz CT molecular complexity index is 1230. The maximum absolute atomic E-state index is 12.4. The van der Waals surface area contributed by atoms with Crippen LogP contribution in [0.25, 0.3) is 21.7 Å². The summed E-state index contributed by atoms with van der Waals surface area (Å²) in [6.45, 7) is 0.157. The number of fused-ring (bicyclic) bond motifs is 3. The maximum Gasteiger partial charge on any atom is 0.307 e. The lowest BCUT2D eigenvalue weighted by atomic mass is 10.1. The average molecular weight is 368 g/mol. The molecule has 5 nitrogen and oxygen atoms in total. The lowest BCUT2D eigenvalue weighted by Crippen LogP contribution is -2.16. The molecule has 0 bridgehead atoms. The van der Waals surface area contributed by atoms with Crippen LogP contribution in [0, 0.1) is 12.3 Å². The first-order valence-electron chi connectivity index (χ1n) is 8.66. The van der Waals surface area contributed by atoms with E-state index in [0.29, 0.717) is 16.9 Å². The van der Waals surface area contributed by atoms with Gasteiger partial charge < -0.3 is 9.15 Å². The summed E-state index contributed by atoms with van der Waals surface area (Å²) in [6, 6.07) is 20.8. The zero-order valence-corrected chi connectivity index (χ0v) is 14.9. The molecule has 0 saturated heterocycles. The van der Waals surface area contributed by atoms with E-state index in [1.807, 2.05) is 54.6 Å². The van der Waals surface area contributed by atoms with Crippen molar-refractivity contribution in [3.63, 3.8) is 0 Å². The second kappa shape index (κ2) is 7.68. The summed E-state index contributed by atoms with van der Waals surface area (Å²) in [7, 11) is 0. The van der Waals surface area contributed by atoms with Gasteiger partial charge in [0.25, 0.3) is 0 Å². The van der Waals surface area contributed by atoms with Crippen LogP contribution in [-0.2, 0) is 0 Å². The molecule has 0 saturated carbocycles. The van der Waals surface area contributed by atoms with E-state index >= 15 is 0 Å². The quantitative estimate of drug-likeness (QED) is 0.323. The largest absolute Gasteiger partial charge is 0.480 e. The molecule has 0 spiro atoms. The number of para-hydroxylation sites is 1. The van der Waals surface area contributed by atoms with Crippen LogP contribution in [0.4, 0.5) is 0 Å². The van der Waals surface area contributed by atoms with Gasteiger partial charge in [-0.1, -0.05) is 48.4 Å². The predicted molar refractivity (Wildman–Crippen MR) is 110 cm³/mol. The molecule has 4 rings (SSSR count). The van der Waals surface area contributed by atoms with Crippen LogP contribution in [0.2, 0.25) is 0 Å². The van der Waals surface area contributed by atoms with Gasteiger partial charge in [-0.3, -0.25) is 4.79 Å². The summed E-state index contributed by atoms with van der Waals surface area (Å²) in [5.41, 5.74) is 3.84. The SMILES string of the molecule is C#CCOc1ccccc1/C=N\NC(=O)c1cc2c(ccc3ccccc32)o1. The second-order valence-electron chi connectivity index (χ2n) is 6.04. The summed E-state index contributed by atoms with van der Waals surface area (Å²) in [6.07, 6.45) is 6.72. The van der Waals surface area contributed by atoms with Crippen LogP contribution in [-0.4, -0.2) is 18.7 Å². The molecule has 5 heteroatoms. The molecule has 0 atom stereocenters. The van der Waals surface area contributed by atoms with Crippen molar-refractivity contribution in [2.24, 2.45) is 5.10 Å². The first kappa shape index (κ1) is 17.4. The van der Waals surface area contributed by atoms with Gasteiger partial charge >= 0.3 is 5.91 Å². The van der Waals surface area contributed by atoms with Gasteiger partial charge in [-0.05, 0) is 35.0 Å². The molecule has 4 aromatic rings. The first-order chi connectivity index (χ1) is 13.8. The number of amides is 1. The number of terminal acetylenes is 1. The molecule has 0 aliphatic carbocycles. The average Bonchev–Trinajstić information content (AvgIpc) is 3.18. The van der Waals surface area contributed by atoms with Crippen molar-refractivity contribution in [3.05, 3.63) is 78.1 Å². The monoisotopic (exact) mass is 368 g/mol. The van der Waals surface area contributed by atoms with Gasteiger partial charge in [0.05, 0.1) is 6.21 Å². The van der Waals surface area contributed by atoms with E-state index in [-0.39, 0.29) is 12.4 Å². The molecule has 0 fully saturated rings. The third-order valence-electron chi connectivity index (χ3n) is 4.25. The molecule has 0 aliphatic rings. The number of ether oxygens (including phenoxy) is 1. The third kappa shape index (κ3) is 3.44. The highest BCUT2D eigenvalue weighted by Gasteiger charge is 2.13. The van der Waals surface area contributed by atoms with E-state index in [1.54, 1.807) is 12.1 Å². The minimum Gasteiger partial charge on any atom is -0.480 e. The molecule has 136 valence electrons. The third-order valence-corrected chi connectivity index (χ3v) is 4.25. The number of rotatable bonds is 5. The molecule has 0 radical (unpaired) electrons. The van der Waals surface area contributed by atoms with Crippen LogP contribution in [0.1, 0.15) is 16.1 Å². The highest BCUT2D eigenvalue weighted by molar-refractivity contribution is 6.08. The Morgan fingerprint density at radius 3 is 2.82 bits per heavy atom. The van der Waals surface area contributed by atoms with Gasteiger partial charge in [0.1, 0.15) is 17.9 Å². The number of nitrogens with one attached hydrogen (secondary N) is 1. The van der Waals surface area contributed by atoms with E-state index < -0.39 is 5.91 Å². The normalized spacial score (nSPS) is 11.0. The zero-order valence-electron chi connectivity index (χ0n) is 14.9. The maximum atomic E-state index is 12.4. The summed E-state index contributed by atoms with van der Waals surface area (Å²) in [5, 5.41) is 7.01. The first-order valence-corrected chi connectivity index (χ1v) is 8.66. The number of nitrogens with zero attached hydrogens (tertiary/aromatic N) is 1. The molecule has 1 heterocycles.